The molecular formula is C17H14ClN3O2S. The minimum absolute atomic E-state index is 0.128. The highest BCUT2D eigenvalue weighted by molar-refractivity contribution is 7.99. The second-order valence-corrected chi connectivity index (χ2v) is 6.44. The number of nitrogens with zero attached hydrogens (tertiary/aromatic N) is 2. The lowest BCUT2D eigenvalue weighted by Crippen LogP contribution is -2.14. The summed E-state index contributed by atoms with van der Waals surface area (Å²) < 4.78 is 5.26. The zero-order chi connectivity index (χ0) is 16.9. The van der Waals surface area contributed by atoms with E-state index in [2.05, 4.69) is 15.5 Å². The Hall–Kier alpha value is -2.31. The van der Waals surface area contributed by atoms with Crippen molar-refractivity contribution in [2.45, 2.75) is 11.9 Å². The van der Waals surface area contributed by atoms with Crippen molar-refractivity contribution in [3.05, 3.63) is 59.3 Å². The summed E-state index contributed by atoms with van der Waals surface area (Å²) in [6, 6.07) is 12.7. The van der Waals surface area contributed by atoms with Gasteiger partial charge in [-0.2, -0.15) is 0 Å². The predicted molar refractivity (Wildman–Crippen MR) is 95.3 cm³/mol. The first kappa shape index (κ1) is 16.5. The molecule has 0 radical (unpaired) electrons. The van der Waals surface area contributed by atoms with Crippen LogP contribution in [0.5, 0.6) is 0 Å². The van der Waals surface area contributed by atoms with Gasteiger partial charge in [-0.1, -0.05) is 29.4 Å². The molecule has 7 heteroatoms. The van der Waals surface area contributed by atoms with Crippen molar-refractivity contribution in [3.8, 4) is 11.5 Å². The van der Waals surface area contributed by atoms with E-state index in [0.29, 0.717) is 27.2 Å². The van der Waals surface area contributed by atoms with Crippen LogP contribution in [0.25, 0.3) is 11.5 Å². The SMILES string of the molecule is Cc1ccc(NC(=O)CSc2ccc(-c3ccco3)nn2)cc1Cl. The van der Waals surface area contributed by atoms with Gasteiger partial charge in [-0.05, 0) is 48.9 Å². The van der Waals surface area contributed by atoms with Gasteiger partial charge < -0.3 is 9.73 Å². The molecule has 2 heterocycles. The van der Waals surface area contributed by atoms with E-state index < -0.39 is 0 Å². The fourth-order valence-corrected chi connectivity index (χ4v) is 2.75. The first-order valence-corrected chi connectivity index (χ1v) is 8.54. The van der Waals surface area contributed by atoms with Crippen molar-refractivity contribution < 1.29 is 9.21 Å². The van der Waals surface area contributed by atoms with Gasteiger partial charge in [0.25, 0.3) is 0 Å². The summed E-state index contributed by atoms with van der Waals surface area (Å²) in [5.41, 5.74) is 2.30. The van der Waals surface area contributed by atoms with E-state index in [0.717, 1.165) is 5.56 Å². The normalized spacial score (nSPS) is 10.6. The molecular weight excluding hydrogens is 346 g/mol. The van der Waals surface area contributed by atoms with Crippen LogP contribution < -0.4 is 5.32 Å². The van der Waals surface area contributed by atoms with Crippen LogP contribution in [0.1, 0.15) is 5.56 Å². The van der Waals surface area contributed by atoms with Gasteiger partial charge >= 0.3 is 0 Å². The monoisotopic (exact) mass is 359 g/mol. The van der Waals surface area contributed by atoms with Crippen molar-refractivity contribution in [2.75, 3.05) is 11.1 Å². The maximum Gasteiger partial charge on any atom is 0.234 e. The number of carbonyl (C=O) groups excluding carboxylic acids is 1. The van der Waals surface area contributed by atoms with Crippen LogP contribution in [0, 0.1) is 6.92 Å². The van der Waals surface area contributed by atoms with E-state index >= 15 is 0 Å². The molecule has 5 nitrogen and oxygen atoms in total. The standard InChI is InChI=1S/C17H14ClN3O2S/c1-11-4-5-12(9-13(11)18)19-16(22)10-24-17-7-6-14(20-21-17)15-3-2-8-23-15/h2-9H,10H2,1H3,(H,19,22). The Kier molecular flexibility index (Phi) is 5.17. The number of aromatic nitrogens is 2. The molecule has 1 N–H and O–H groups in total. The molecule has 0 saturated heterocycles. The third-order valence-corrected chi connectivity index (χ3v) is 4.55. The third-order valence-electron chi connectivity index (χ3n) is 3.22. The number of anilines is 1. The Morgan fingerprint density at radius 1 is 1.25 bits per heavy atom. The van der Waals surface area contributed by atoms with Gasteiger partial charge in [-0.25, -0.2) is 0 Å². The van der Waals surface area contributed by atoms with Gasteiger partial charge in [-0.15, -0.1) is 10.2 Å². The van der Waals surface area contributed by atoms with Gasteiger partial charge in [0, 0.05) is 10.7 Å². The number of hydrogen-bond acceptors (Lipinski definition) is 5. The molecule has 0 aliphatic heterocycles. The van der Waals surface area contributed by atoms with Crippen LogP contribution in [0.4, 0.5) is 5.69 Å². The molecule has 0 aliphatic rings. The van der Waals surface area contributed by atoms with Crippen LogP contribution in [-0.2, 0) is 4.79 Å². The smallest absolute Gasteiger partial charge is 0.234 e. The number of thioether (sulfide) groups is 1. The third kappa shape index (κ3) is 4.15. The van der Waals surface area contributed by atoms with E-state index in [4.69, 9.17) is 16.0 Å². The highest BCUT2D eigenvalue weighted by Gasteiger charge is 2.08. The number of aryl methyl sites for hydroxylation is 1. The van der Waals surface area contributed by atoms with Gasteiger partial charge in [0.15, 0.2) is 5.76 Å². The highest BCUT2D eigenvalue weighted by atomic mass is 35.5. The number of nitrogens with one attached hydrogen (secondary N) is 1. The molecule has 0 aliphatic carbocycles. The average molecular weight is 360 g/mol. The predicted octanol–water partition coefficient (Wildman–Crippen LogP) is 4.43. The van der Waals surface area contributed by atoms with Crippen LogP contribution in [0.2, 0.25) is 5.02 Å². The molecule has 1 aromatic carbocycles. The zero-order valence-electron chi connectivity index (χ0n) is 12.8. The lowest BCUT2D eigenvalue weighted by atomic mass is 10.2. The van der Waals surface area contributed by atoms with Crippen molar-refractivity contribution in [3.63, 3.8) is 0 Å². The molecule has 0 atom stereocenters. The van der Waals surface area contributed by atoms with Crippen LogP contribution in [-0.4, -0.2) is 21.9 Å². The molecule has 0 saturated carbocycles. The quantitative estimate of drug-likeness (QED) is 0.682. The average Bonchev–Trinajstić information content (AvgIpc) is 3.11. The summed E-state index contributed by atoms with van der Waals surface area (Å²) in [5, 5.41) is 12.3. The Morgan fingerprint density at radius 2 is 2.12 bits per heavy atom. The summed E-state index contributed by atoms with van der Waals surface area (Å²) in [4.78, 5) is 12.0. The molecule has 0 fully saturated rings. The number of rotatable bonds is 5. The van der Waals surface area contributed by atoms with E-state index in [1.807, 2.05) is 37.3 Å². The lowest BCUT2D eigenvalue weighted by Gasteiger charge is -2.06. The van der Waals surface area contributed by atoms with Crippen molar-refractivity contribution in [1.82, 2.24) is 10.2 Å². The molecule has 3 aromatic rings. The second-order valence-electron chi connectivity index (χ2n) is 5.03. The van der Waals surface area contributed by atoms with E-state index in [9.17, 15) is 4.79 Å². The Balaban J connectivity index is 1.55. The van der Waals surface area contributed by atoms with E-state index in [1.165, 1.54) is 11.8 Å². The summed E-state index contributed by atoms with van der Waals surface area (Å²) >= 11 is 7.36. The van der Waals surface area contributed by atoms with Crippen LogP contribution >= 0.6 is 23.4 Å². The second kappa shape index (κ2) is 7.51. The highest BCUT2D eigenvalue weighted by Crippen LogP contribution is 2.22. The number of carbonyl (C=O) groups is 1. The molecule has 2 aromatic heterocycles. The largest absolute Gasteiger partial charge is 0.463 e. The Bertz CT molecular complexity index is 836. The maximum atomic E-state index is 12.0. The first-order chi connectivity index (χ1) is 11.6. The number of amides is 1. The number of halogens is 1. The molecule has 1 amide bonds. The molecule has 0 spiro atoms. The van der Waals surface area contributed by atoms with Crippen LogP contribution in [0.3, 0.4) is 0 Å². The fourth-order valence-electron chi connectivity index (χ4n) is 1.96. The fraction of sp³-hybridized carbons (Fsp3) is 0.118. The van der Waals surface area contributed by atoms with Gasteiger partial charge in [0.1, 0.15) is 10.7 Å². The number of furan rings is 1. The molecule has 3 rings (SSSR count). The maximum absolute atomic E-state index is 12.0. The van der Waals surface area contributed by atoms with E-state index in [-0.39, 0.29) is 11.7 Å². The zero-order valence-corrected chi connectivity index (χ0v) is 14.4. The van der Waals surface area contributed by atoms with Gasteiger partial charge in [-0.3, -0.25) is 4.79 Å². The molecule has 122 valence electrons. The lowest BCUT2D eigenvalue weighted by molar-refractivity contribution is -0.113. The Morgan fingerprint density at radius 3 is 2.79 bits per heavy atom. The molecule has 0 bridgehead atoms. The summed E-state index contributed by atoms with van der Waals surface area (Å²) in [6.07, 6.45) is 1.58. The molecule has 0 unspecified atom stereocenters. The topological polar surface area (TPSA) is 68.0 Å². The minimum Gasteiger partial charge on any atom is -0.463 e. The first-order valence-electron chi connectivity index (χ1n) is 7.18. The summed E-state index contributed by atoms with van der Waals surface area (Å²) in [6.45, 7) is 1.91. The van der Waals surface area contributed by atoms with E-state index in [1.54, 1.807) is 18.4 Å². The van der Waals surface area contributed by atoms with Gasteiger partial charge in [0.2, 0.25) is 5.91 Å². The number of hydrogen-bond donors (Lipinski definition) is 1. The number of benzene rings is 1. The van der Waals surface area contributed by atoms with Gasteiger partial charge in [0.05, 0.1) is 12.0 Å². The summed E-state index contributed by atoms with van der Waals surface area (Å²) in [5.74, 6) is 0.769. The van der Waals surface area contributed by atoms with Crippen LogP contribution in [0.15, 0.2) is 58.2 Å². The summed E-state index contributed by atoms with van der Waals surface area (Å²) in [7, 11) is 0. The van der Waals surface area contributed by atoms with Crippen molar-refractivity contribution >= 4 is 35.0 Å². The Labute approximate surface area is 148 Å². The minimum atomic E-state index is -0.128. The van der Waals surface area contributed by atoms with Crippen molar-refractivity contribution in [2.24, 2.45) is 0 Å². The molecule has 24 heavy (non-hydrogen) atoms. The van der Waals surface area contributed by atoms with Crippen molar-refractivity contribution in [1.29, 1.82) is 0 Å².